The summed E-state index contributed by atoms with van der Waals surface area (Å²) < 4.78 is 6.52. The number of nitrogens with zero attached hydrogens (tertiary/aromatic N) is 6. The molecule has 3 rings (SSSR count). The standard InChI is InChI=1S/C18H19N7O2/c1-5-11-6-12(8-19)20-9-14(11)25(3)15-7-13-16(21-10-24(13)2)17(22-15)23-18(26)27-4/h6-7,9-10H,5H2,1-4H3,(H,22,23,26). The van der Waals surface area contributed by atoms with Gasteiger partial charge in [0.25, 0.3) is 0 Å². The van der Waals surface area contributed by atoms with Crippen LogP contribution in [-0.2, 0) is 18.2 Å². The number of nitrogens with one attached hydrogen (secondary N) is 1. The molecule has 0 saturated heterocycles. The molecule has 0 spiro atoms. The second-order valence-electron chi connectivity index (χ2n) is 5.89. The number of fused-ring (bicyclic) bond motifs is 1. The number of nitriles is 1. The highest BCUT2D eigenvalue weighted by molar-refractivity contribution is 5.96. The third-order valence-corrected chi connectivity index (χ3v) is 4.27. The van der Waals surface area contributed by atoms with Gasteiger partial charge in [-0.1, -0.05) is 6.92 Å². The molecule has 0 aliphatic rings. The van der Waals surface area contributed by atoms with Crippen molar-refractivity contribution in [1.82, 2.24) is 19.5 Å². The first-order chi connectivity index (χ1) is 13.0. The van der Waals surface area contributed by atoms with Crippen LogP contribution in [0.15, 0.2) is 24.7 Å². The number of aryl methyl sites for hydroxylation is 2. The molecule has 27 heavy (non-hydrogen) atoms. The molecule has 0 fully saturated rings. The zero-order chi connectivity index (χ0) is 19.6. The van der Waals surface area contributed by atoms with E-state index in [-0.39, 0.29) is 0 Å². The van der Waals surface area contributed by atoms with Crippen molar-refractivity contribution in [2.24, 2.45) is 7.05 Å². The quantitative estimate of drug-likeness (QED) is 0.757. The van der Waals surface area contributed by atoms with E-state index < -0.39 is 6.09 Å². The summed E-state index contributed by atoms with van der Waals surface area (Å²) in [5.74, 6) is 0.903. The minimum absolute atomic E-state index is 0.307. The Labute approximate surface area is 156 Å². The molecule has 0 aliphatic heterocycles. The van der Waals surface area contributed by atoms with E-state index in [4.69, 9.17) is 5.26 Å². The maximum atomic E-state index is 11.7. The van der Waals surface area contributed by atoms with Crippen LogP contribution >= 0.6 is 0 Å². The van der Waals surface area contributed by atoms with Crippen molar-refractivity contribution in [3.05, 3.63) is 35.9 Å². The number of carbonyl (C=O) groups excluding carboxylic acids is 1. The van der Waals surface area contributed by atoms with Crippen molar-refractivity contribution in [2.75, 3.05) is 24.4 Å². The van der Waals surface area contributed by atoms with Gasteiger partial charge < -0.3 is 14.2 Å². The van der Waals surface area contributed by atoms with Crippen molar-refractivity contribution in [1.29, 1.82) is 5.26 Å². The Morgan fingerprint density at radius 2 is 2.19 bits per heavy atom. The van der Waals surface area contributed by atoms with Crippen LogP contribution in [0, 0.1) is 11.3 Å². The van der Waals surface area contributed by atoms with Gasteiger partial charge >= 0.3 is 6.09 Å². The van der Waals surface area contributed by atoms with Gasteiger partial charge in [0, 0.05) is 20.2 Å². The van der Waals surface area contributed by atoms with E-state index >= 15 is 0 Å². The average molecular weight is 365 g/mol. The minimum Gasteiger partial charge on any atom is -0.453 e. The second-order valence-corrected chi connectivity index (χ2v) is 5.89. The fourth-order valence-corrected chi connectivity index (χ4v) is 2.78. The fraction of sp³-hybridized carbons (Fsp3) is 0.278. The van der Waals surface area contributed by atoms with Gasteiger partial charge in [0.2, 0.25) is 0 Å². The van der Waals surface area contributed by atoms with Crippen molar-refractivity contribution >= 4 is 34.4 Å². The summed E-state index contributed by atoms with van der Waals surface area (Å²) in [4.78, 5) is 26.6. The number of hydrogen-bond acceptors (Lipinski definition) is 7. The van der Waals surface area contributed by atoms with Crippen molar-refractivity contribution in [2.45, 2.75) is 13.3 Å². The van der Waals surface area contributed by atoms with E-state index in [0.717, 1.165) is 23.2 Å². The summed E-state index contributed by atoms with van der Waals surface area (Å²) in [5, 5.41) is 11.7. The zero-order valence-electron chi connectivity index (χ0n) is 15.5. The van der Waals surface area contributed by atoms with Gasteiger partial charge in [-0.15, -0.1) is 0 Å². The van der Waals surface area contributed by atoms with Crippen LogP contribution < -0.4 is 10.2 Å². The van der Waals surface area contributed by atoms with Gasteiger partial charge in [-0.25, -0.2) is 19.7 Å². The molecule has 0 aromatic carbocycles. The molecular formula is C18H19N7O2. The predicted molar refractivity (Wildman–Crippen MR) is 101 cm³/mol. The summed E-state index contributed by atoms with van der Waals surface area (Å²) in [7, 11) is 5.01. The van der Waals surface area contributed by atoms with Gasteiger partial charge in [0.15, 0.2) is 5.82 Å². The van der Waals surface area contributed by atoms with Crippen molar-refractivity contribution < 1.29 is 9.53 Å². The molecule has 3 heterocycles. The SMILES string of the molecule is CCc1cc(C#N)ncc1N(C)c1cc2c(ncn2C)c(NC(=O)OC)n1. The lowest BCUT2D eigenvalue weighted by atomic mass is 10.1. The molecule has 1 amide bonds. The Hall–Kier alpha value is -3.67. The number of hydrogen-bond donors (Lipinski definition) is 1. The minimum atomic E-state index is -0.622. The third kappa shape index (κ3) is 3.37. The molecule has 0 radical (unpaired) electrons. The highest BCUT2D eigenvalue weighted by Gasteiger charge is 2.17. The number of aromatic nitrogens is 4. The Kier molecular flexibility index (Phi) is 4.90. The summed E-state index contributed by atoms with van der Waals surface area (Å²) in [6.45, 7) is 2.01. The van der Waals surface area contributed by atoms with E-state index in [1.54, 1.807) is 18.6 Å². The lowest BCUT2D eigenvalue weighted by Crippen LogP contribution is -2.17. The van der Waals surface area contributed by atoms with Crippen LogP contribution in [-0.4, -0.2) is 39.8 Å². The Morgan fingerprint density at radius 3 is 2.85 bits per heavy atom. The van der Waals surface area contributed by atoms with Crippen molar-refractivity contribution in [3.8, 4) is 6.07 Å². The maximum absolute atomic E-state index is 11.7. The lowest BCUT2D eigenvalue weighted by Gasteiger charge is -2.22. The topological polar surface area (TPSA) is 109 Å². The molecule has 138 valence electrons. The summed E-state index contributed by atoms with van der Waals surface area (Å²) in [6, 6.07) is 5.70. The molecule has 3 aromatic heterocycles. The van der Waals surface area contributed by atoms with Crippen LogP contribution in [0.5, 0.6) is 0 Å². The number of carbonyl (C=O) groups is 1. The largest absolute Gasteiger partial charge is 0.453 e. The first-order valence-corrected chi connectivity index (χ1v) is 8.28. The van der Waals surface area contributed by atoms with Gasteiger partial charge in [-0.05, 0) is 18.1 Å². The van der Waals surface area contributed by atoms with E-state index in [2.05, 4.69) is 31.1 Å². The van der Waals surface area contributed by atoms with E-state index in [1.807, 2.05) is 36.6 Å². The first-order valence-electron chi connectivity index (χ1n) is 8.28. The Morgan fingerprint density at radius 1 is 1.41 bits per heavy atom. The van der Waals surface area contributed by atoms with Crippen LogP contribution in [0.3, 0.4) is 0 Å². The van der Waals surface area contributed by atoms with E-state index in [1.165, 1.54) is 7.11 Å². The maximum Gasteiger partial charge on any atom is 0.412 e. The molecular weight excluding hydrogens is 346 g/mol. The van der Waals surface area contributed by atoms with E-state index in [0.29, 0.717) is 22.8 Å². The molecule has 1 N–H and O–H groups in total. The number of methoxy groups -OCH3 is 1. The highest BCUT2D eigenvalue weighted by atomic mass is 16.5. The highest BCUT2D eigenvalue weighted by Crippen LogP contribution is 2.30. The molecule has 0 bridgehead atoms. The Balaban J connectivity index is 2.12. The zero-order valence-corrected chi connectivity index (χ0v) is 15.5. The second kappa shape index (κ2) is 7.29. The fourth-order valence-electron chi connectivity index (χ4n) is 2.78. The first kappa shape index (κ1) is 18.1. The molecule has 9 nitrogen and oxygen atoms in total. The van der Waals surface area contributed by atoms with Gasteiger partial charge in [-0.3, -0.25) is 5.32 Å². The molecule has 9 heteroatoms. The number of rotatable bonds is 4. The predicted octanol–water partition coefficient (Wildman–Crippen LogP) is 2.74. The molecule has 0 saturated carbocycles. The monoisotopic (exact) mass is 365 g/mol. The van der Waals surface area contributed by atoms with Crippen LogP contribution in [0.1, 0.15) is 18.2 Å². The van der Waals surface area contributed by atoms with Crippen LogP contribution in [0.25, 0.3) is 11.0 Å². The van der Waals surface area contributed by atoms with Gasteiger partial charge in [-0.2, -0.15) is 5.26 Å². The number of imidazole rings is 1. The van der Waals surface area contributed by atoms with Crippen LogP contribution in [0.4, 0.5) is 22.1 Å². The molecule has 3 aromatic rings. The number of anilines is 3. The molecule has 0 aliphatic carbocycles. The normalized spacial score (nSPS) is 10.5. The molecule has 0 unspecified atom stereocenters. The number of ether oxygens (including phenoxy) is 1. The van der Waals surface area contributed by atoms with Crippen molar-refractivity contribution in [3.63, 3.8) is 0 Å². The average Bonchev–Trinajstić information content (AvgIpc) is 3.07. The van der Waals surface area contributed by atoms with Gasteiger partial charge in [0.05, 0.1) is 30.8 Å². The smallest absolute Gasteiger partial charge is 0.412 e. The summed E-state index contributed by atoms with van der Waals surface area (Å²) in [5.41, 5.74) is 3.53. The molecule has 0 atom stereocenters. The lowest BCUT2D eigenvalue weighted by molar-refractivity contribution is 0.187. The van der Waals surface area contributed by atoms with Crippen LogP contribution in [0.2, 0.25) is 0 Å². The third-order valence-electron chi connectivity index (χ3n) is 4.27. The van der Waals surface area contributed by atoms with Gasteiger partial charge in [0.1, 0.15) is 23.1 Å². The summed E-state index contributed by atoms with van der Waals surface area (Å²) >= 11 is 0. The van der Waals surface area contributed by atoms with E-state index in [9.17, 15) is 4.79 Å². The number of amides is 1. The summed E-state index contributed by atoms with van der Waals surface area (Å²) in [6.07, 6.45) is 3.42. The number of pyridine rings is 2. The Bertz CT molecular complexity index is 1050.